The largest absolute Gasteiger partial charge is 0.381 e. The first-order valence-electron chi connectivity index (χ1n) is 9.06. The zero-order chi connectivity index (χ0) is 17.0. The summed E-state index contributed by atoms with van der Waals surface area (Å²) in [7, 11) is 0. The Morgan fingerprint density at radius 1 is 0.625 bits per heavy atom. The summed E-state index contributed by atoms with van der Waals surface area (Å²) >= 11 is 0. The smallest absolute Gasteiger partial charge is 0.0500 e. The Kier molecular flexibility index (Phi) is 8.58. The van der Waals surface area contributed by atoms with E-state index in [2.05, 4.69) is 74.5 Å². The van der Waals surface area contributed by atoms with Crippen molar-refractivity contribution in [1.29, 1.82) is 0 Å². The maximum Gasteiger partial charge on any atom is 0.0500 e. The molecule has 2 atom stereocenters. The predicted molar refractivity (Wildman–Crippen MR) is 100 cm³/mol. The zero-order valence-electron chi connectivity index (χ0n) is 15.0. The highest BCUT2D eigenvalue weighted by molar-refractivity contribution is 5.17. The van der Waals surface area contributed by atoms with Crippen LogP contribution in [0.1, 0.15) is 25.0 Å². The van der Waals surface area contributed by atoms with Crippen LogP contribution in [0.2, 0.25) is 0 Å². The molecule has 0 saturated carbocycles. The number of hydrogen-bond acceptors (Lipinski definition) is 2. The maximum absolute atomic E-state index is 5.81. The van der Waals surface area contributed by atoms with Crippen molar-refractivity contribution < 1.29 is 9.47 Å². The summed E-state index contributed by atoms with van der Waals surface area (Å²) in [6, 6.07) is 21.4. The molecule has 2 aromatic carbocycles. The Morgan fingerprint density at radius 2 is 1.00 bits per heavy atom. The molecule has 2 aromatic rings. The SMILES string of the molecule is CCOCC(Cc1ccccc1)C(COCC)Cc1ccccc1. The number of hydrogen-bond donors (Lipinski definition) is 0. The van der Waals surface area contributed by atoms with Gasteiger partial charge in [-0.3, -0.25) is 0 Å². The van der Waals surface area contributed by atoms with E-state index in [-0.39, 0.29) is 0 Å². The Balaban J connectivity index is 2.12. The number of rotatable bonds is 11. The molecular formula is C22H30O2. The lowest BCUT2D eigenvalue weighted by Crippen LogP contribution is -2.28. The summed E-state index contributed by atoms with van der Waals surface area (Å²) in [6.07, 6.45) is 2.07. The molecule has 0 spiro atoms. The van der Waals surface area contributed by atoms with Gasteiger partial charge in [0.2, 0.25) is 0 Å². The van der Waals surface area contributed by atoms with Gasteiger partial charge in [0.15, 0.2) is 0 Å². The van der Waals surface area contributed by atoms with Gasteiger partial charge in [-0.2, -0.15) is 0 Å². The highest BCUT2D eigenvalue weighted by Crippen LogP contribution is 2.23. The van der Waals surface area contributed by atoms with Crippen molar-refractivity contribution in [2.24, 2.45) is 11.8 Å². The van der Waals surface area contributed by atoms with E-state index < -0.39 is 0 Å². The third-order valence-electron chi connectivity index (χ3n) is 4.42. The predicted octanol–water partition coefficient (Wildman–Crippen LogP) is 4.78. The molecule has 0 amide bonds. The van der Waals surface area contributed by atoms with E-state index in [0.717, 1.165) is 39.3 Å². The van der Waals surface area contributed by atoms with Crippen LogP contribution in [-0.4, -0.2) is 26.4 Å². The maximum atomic E-state index is 5.81. The van der Waals surface area contributed by atoms with E-state index in [1.165, 1.54) is 11.1 Å². The van der Waals surface area contributed by atoms with Gasteiger partial charge in [-0.15, -0.1) is 0 Å². The molecule has 0 aliphatic carbocycles. The van der Waals surface area contributed by atoms with Gasteiger partial charge < -0.3 is 9.47 Å². The molecule has 2 nitrogen and oxygen atoms in total. The first-order valence-corrected chi connectivity index (χ1v) is 9.06. The van der Waals surface area contributed by atoms with E-state index in [9.17, 15) is 0 Å². The van der Waals surface area contributed by atoms with Gasteiger partial charge in [0, 0.05) is 13.2 Å². The fraction of sp³-hybridized carbons (Fsp3) is 0.455. The van der Waals surface area contributed by atoms with E-state index in [1.54, 1.807) is 0 Å². The standard InChI is InChI=1S/C22H30O2/c1-3-23-17-21(15-19-11-7-5-8-12-19)22(18-24-4-2)16-20-13-9-6-10-14-20/h5-14,21-22H,3-4,15-18H2,1-2H3. The normalized spacial score (nSPS) is 13.6. The van der Waals surface area contributed by atoms with Crippen LogP contribution < -0.4 is 0 Å². The lowest BCUT2D eigenvalue weighted by Gasteiger charge is -2.27. The average molecular weight is 326 g/mol. The number of benzene rings is 2. The quantitative estimate of drug-likeness (QED) is 0.592. The van der Waals surface area contributed by atoms with Gasteiger partial charge in [-0.25, -0.2) is 0 Å². The second-order valence-corrected chi connectivity index (χ2v) is 6.22. The lowest BCUT2D eigenvalue weighted by molar-refractivity contribution is 0.0395. The molecule has 0 saturated heterocycles. The summed E-state index contributed by atoms with van der Waals surface area (Å²) in [4.78, 5) is 0. The van der Waals surface area contributed by atoms with Crippen molar-refractivity contribution in [2.45, 2.75) is 26.7 Å². The average Bonchev–Trinajstić information content (AvgIpc) is 2.64. The van der Waals surface area contributed by atoms with Crippen LogP contribution in [0.3, 0.4) is 0 Å². The molecule has 0 aromatic heterocycles. The van der Waals surface area contributed by atoms with Crippen molar-refractivity contribution in [2.75, 3.05) is 26.4 Å². The summed E-state index contributed by atoms with van der Waals surface area (Å²) in [5, 5.41) is 0. The van der Waals surface area contributed by atoms with E-state index in [1.807, 2.05) is 0 Å². The van der Waals surface area contributed by atoms with Crippen molar-refractivity contribution in [3.8, 4) is 0 Å². The molecule has 0 bridgehead atoms. The minimum Gasteiger partial charge on any atom is -0.381 e. The topological polar surface area (TPSA) is 18.5 Å². The monoisotopic (exact) mass is 326 g/mol. The molecule has 0 aliphatic rings. The van der Waals surface area contributed by atoms with Crippen molar-refractivity contribution in [3.05, 3.63) is 71.8 Å². The van der Waals surface area contributed by atoms with E-state index >= 15 is 0 Å². The molecule has 24 heavy (non-hydrogen) atoms. The molecule has 0 N–H and O–H groups in total. The van der Waals surface area contributed by atoms with Crippen LogP contribution in [0, 0.1) is 11.8 Å². The minimum absolute atomic E-state index is 0.458. The minimum atomic E-state index is 0.458. The third-order valence-corrected chi connectivity index (χ3v) is 4.42. The molecular weight excluding hydrogens is 296 g/mol. The highest BCUT2D eigenvalue weighted by Gasteiger charge is 2.23. The molecule has 130 valence electrons. The fourth-order valence-electron chi connectivity index (χ4n) is 3.10. The molecule has 0 aliphatic heterocycles. The molecule has 2 rings (SSSR count). The van der Waals surface area contributed by atoms with Crippen molar-refractivity contribution in [1.82, 2.24) is 0 Å². The van der Waals surface area contributed by atoms with Crippen LogP contribution >= 0.6 is 0 Å². The van der Waals surface area contributed by atoms with Crippen LogP contribution in [-0.2, 0) is 22.3 Å². The Bertz CT molecular complexity index is 487. The van der Waals surface area contributed by atoms with Crippen molar-refractivity contribution in [3.63, 3.8) is 0 Å². The Labute approximate surface area is 146 Å². The summed E-state index contributed by atoms with van der Waals surface area (Å²) in [6.45, 7) is 7.23. The summed E-state index contributed by atoms with van der Waals surface area (Å²) in [5.74, 6) is 0.915. The van der Waals surface area contributed by atoms with Gasteiger partial charge in [-0.05, 0) is 49.7 Å². The zero-order valence-corrected chi connectivity index (χ0v) is 15.0. The summed E-state index contributed by atoms with van der Waals surface area (Å²) in [5.41, 5.74) is 2.74. The van der Waals surface area contributed by atoms with Crippen LogP contribution in [0.25, 0.3) is 0 Å². The molecule has 0 radical (unpaired) electrons. The Morgan fingerprint density at radius 3 is 1.33 bits per heavy atom. The highest BCUT2D eigenvalue weighted by atomic mass is 16.5. The van der Waals surface area contributed by atoms with Gasteiger partial charge in [0.05, 0.1) is 13.2 Å². The van der Waals surface area contributed by atoms with Gasteiger partial charge >= 0.3 is 0 Å². The lowest BCUT2D eigenvalue weighted by atomic mass is 9.83. The first-order chi connectivity index (χ1) is 11.8. The Hall–Kier alpha value is -1.64. The molecule has 2 unspecified atom stereocenters. The van der Waals surface area contributed by atoms with Gasteiger partial charge in [-0.1, -0.05) is 60.7 Å². The third kappa shape index (κ3) is 6.46. The van der Waals surface area contributed by atoms with Gasteiger partial charge in [0.25, 0.3) is 0 Å². The van der Waals surface area contributed by atoms with Crippen LogP contribution in [0.15, 0.2) is 60.7 Å². The molecule has 2 heteroatoms. The van der Waals surface area contributed by atoms with Crippen molar-refractivity contribution >= 4 is 0 Å². The van der Waals surface area contributed by atoms with Crippen LogP contribution in [0.5, 0.6) is 0 Å². The summed E-state index contributed by atoms with van der Waals surface area (Å²) < 4.78 is 11.6. The second kappa shape index (κ2) is 11.0. The molecule has 0 heterocycles. The fourth-order valence-corrected chi connectivity index (χ4v) is 3.10. The van der Waals surface area contributed by atoms with Crippen LogP contribution in [0.4, 0.5) is 0 Å². The van der Waals surface area contributed by atoms with E-state index in [0.29, 0.717) is 11.8 Å². The van der Waals surface area contributed by atoms with E-state index in [4.69, 9.17) is 9.47 Å². The van der Waals surface area contributed by atoms with Gasteiger partial charge in [0.1, 0.15) is 0 Å². The first kappa shape index (κ1) is 18.7. The second-order valence-electron chi connectivity index (χ2n) is 6.22. The number of ether oxygens (including phenoxy) is 2. The molecule has 0 fully saturated rings.